The molecule has 4 atom stereocenters. The van der Waals surface area contributed by atoms with Crippen LogP contribution in [0.5, 0.6) is 0 Å². The molecule has 0 aliphatic carbocycles. The van der Waals surface area contributed by atoms with Gasteiger partial charge in [0.2, 0.25) is 5.95 Å². The van der Waals surface area contributed by atoms with Crippen molar-refractivity contribution in [2.75, 3.05) is 12.3 Å². The molecular weight excluding hydrogens is 270 g/mol. The lowest BCUT2D eigenvalue weighted by molar-refractivity contribution is 0.0113. The van der Waals surface area contributed by atoms with E-state index in [0.717, 1.165) is 0 Å². The molecule has 1 aliphatic rings. The molecule has 1 aliphatic heterocycles. The van der Waals surface area contributed by atoms with E-state index in [1.165, 1.54) is 24.3 Å². The van der Waals surface area contributed by atoms with Gasteiger partial charge in [0.25, 0.3) is 0 Å². The van der Waals surface area contributed by atoms with Crippen molar-refractivity contribution in [3.05, 3.63) is 12.5 Å². The molecule has 9 heteroatoms. The lowest BCUT2D eigenvalue weighted by Gasteiger charge is -2.16. The summed E-state index contributed by atoms with van der Waals surface area (Å²) < 4.78 is 1.64. The Morgan fingerprint density at radius 1 is 1.32 bits per heavy atom. The summed E-state index contributed by atoms with van der Waals surface area (Å²) in [5, 5.41) is 28.2. The third-order valence-electron chi connectivity index (χ3n) is 3.13. The Morgan fingerprint density at radius 3 is 2.79 bits per heavy atom. The maximum atomic E-state index is 10.1. The maximum absolute atomic E-state index is 10.1. The van der Waals surface area contributed by atoms with Crippen molar-refractivity contribution in [3.8, 4) is 0 Å². The number of fused-ring (bicyclic) bond motifs is 1. The van der Waals surface area contributed by atoms with Gasteiger partial charge in [0.1, 0.15) is 17.0 Å². The Morgan fingerprint density at radius 2 is 2.11 bits per heavy atom. The number of nitrogens with two attached hydrogens (primary N) is 1. The molecular formula is C10H13N5O3S. The van der Waals surface area contributed by atoms with Crippen LogP contribution in [0.1, 0.15) is 5.37 Å². The molecule has 0 amide bonds. The van der Waals surface area contributed by atoms with Gasteiger partial charge in [0.15, 0.2) is 5.65 Å². The zero-order valence-corrected chi connectivity index (χ0v) is 10.6. The molecule has 0 radical (unpaired) electrons. The SMILES string of the molecule is Nc1ncc2ncn([C@H]3S[C@H](CO)[C@@H](O)[C@@H]3O)c2n1. The van der Waals surface area contributed by atoms with Crippen LogP contribution in [-0.2, 0) is 0 Å². The highest BCUT2D eigenvalue weighted by Crippen LogP contribution is 2.42. The number of rotatable bonds is 2. The van der Waals surface area contributed by atoms with Gasteiger partial charge < -0.3 is 21.1 Å². The molecule has 0 saturated carbocycles. The van der Waals surface area contributed by atoms with E-state index in [-0.39, 0.29) is 12.6 Å². The molecule has 19 heavy (non-hydrogen) atoms. The van der Waals surface area contributed by atoms with Gasteiger partial charge >= 0.3 is 0 Å². The lowest BCUT2D eigenvalue weighted by Crippen LogP contribution is -2.32. The molecule has 3 heterocycles. The minimum absolute atomic E-state index is 0.117. The standard InChI is InChI=1S/C10H13N5O3S/c11-10-12-1-4-8(14-10)15(3-13-4)9-7(18)6(17)5(2-16)19-9/h1,3,5-7,9,16-18H,2H2,(H2,11,12,14)/t5-,6-,7+,9+/m1/s1. The molecule has 2 aromatic rings. The van der Waals surface area contributed by atoms with Gasteiger partial charge in [-0.1, -0.05) is 0 Å². The Balaban J connectivity index is 2.03. The van der Waals surface area contributed by atoms with Crippen LogP contribution in [0.3, 0.4) is 0 Å². The lowest BCUT2D eigenvalue weighted by atomic mass is 10.1. The van der Waals surface area contributed by atoms with Crippen molar-refractivity contribution in [2.24, 2.45) is 0 Å². The summed E-state index contributed by atoms with van der Waals surface area (Å²) in [6.45, 7) is -0.205. The molecule has 102 valence electrons. The van der Waals surface area contributed by atoms with Crippen LogP contribution < -0.4 is 5.73 Å². The smallest absolute Gasteiger partial charge is 0.222 e. The number of hydrogen-bond acceptors (Lipinski definition) is 8. The second-order valence-electron chi connectivity index (χ2n) is 4.32. The maximum Gasteiger partial charge on any atom is 0.222 e. The summed E-state index contributed by atoms with van der Waals surface area (Å²) in [4.78, 5) is 12.1. The largest absolute Gasteiger partial charge is 0.395 e. The quantitative estimate of drug-likeness (QED) is 0.537. The molecule has 3 rings (SSSR count). The second-order valence-corrected chi connectivity index (χ2v) is 5.68. The van der Waals surface area contributed by atoms with E-state index >= 15 is 0 Å². The number of aliphatic hydroxyl groups excluding tert-OH is 3. The average Bonchev–Trinajstić information content (AvgIpc) is 2.92. The summed E-state index contributed by atoms with van der Waals surface area (Å²) >= 11 is 1.28. The van der Waals surface area contributed by atoms with E-state index in [0.29, 0.717) is 11.2 Å². The predicted molar refractivity (Wildman–Crippen MR) is 69.3 cm³/mol. The first-order chi connectivity index (χ1) is 9.11. The van der Waals surface area contributed by atoms with Crippen LogP contribution in [0.4, 0.5) is 5.95 Å². The summed E-state index contributed by atoms with van der Waals surface area (Å²) in [5.74, 6) is 0.117. The molecule has 8 nitrogen and oxygen atoms in total. The first kappa shape index (κ1) is 12.6. The monoisotopic (exact) mass is 283 g/mol. The Bertz CT molecular complexity index is 606. The number of nitrogen functional groups attached to an aromatic ring is 1. The fourth-order valence-corrected chi connectivity index (χ4v) is 3.51. The second kappa shape index (κ2) is 4.60. The third kappa shape index (κ3) is 1.94. The zero-order chi connectivity index (χ0) is 13.6. The van der Waals surface area contributed by atoms with Crippen LogP contribution in [0, 0.1) is 0 Å². The first-order valence-corrected chi connectivity index (χ1v) is 6.63. The highest BCUT2D eigenvalue weighted by Gasteiger charge is 2.43. The normalized spacial score (nSPS) is 31.1. The zero-order valence-electron chi connectivity index (χ0n) is 9.79. The number of aliphatic hydroxyl groups is 3. The van der Waals surface area contributed by atoms with E-state index in [4.69, 9.17) is 10.8 Å². The van der Waals surface area contributed by atoms with Crippen molar-refractivity contribution in [2.45, 2.75) is 22.8 Å². The molecule has 1 saturated heterocycles. The van der Waals surface area contributed by atoms with Crippen molar-refractivity contribution >= 4 is 28.9 Å². The third-order valence-corrected chi connectivity index (χ3v) is 4.69. The molecule has 2 aromatic heterocycles. The highest BCUT2D eigenvalue weighted by atomic mass is 32.2. The Kier molecular flexibility index (Phi) is 3.05. The van der Waals surface area contributed by atoms with Gasteiger partial charge in [-0.3, -0.25) is 4.57 Å². The molecule has 5 N–H and O–H groups in total. The predicted octanol–water partition coefficient (Wildman–Crippen LogP) is -1.26. The van der Waals surface area contributed by atoms with Gasteiger partial charge in [-0.15, -0.1) is 11.8 Å². The van der Waals surface area contributed by atoms with E-state index < -0.39 is 22.8 Å². The minimum atomic E-state index is -1.00. The van der Waals surface area contributed by atoms with Gasteiger partial charge in [-0.2, -0.15) is 4.98 Å². The van der Waals surface area contributed by atoms with Gasteiger partial charge in [0, 0.05) is 0 Å². The van der Waals surface area contributed by atoms with Gasteiger partial charge in [-0.05, 0) is 0 Å². The number of anilines is 1. The number of aromatic nitrogens is 4. The summed E-state index contributed by atoms with van der Waals surface area (Å²) in [6, 6.07) is 0. The van der Waals surface area contributed by atoms with Crippen molar-refractivity contribution in [3.63, 3.8) is 0 Å². The number of hydrogen-bond donors (Lipinski definition) is 4. The van der Waals surface area contributed by atoms with Crippen LogP contribution in [0.2, 0.25) is 0 Å². The molecule has 0 bridgehead atoms. The van der Waals surface area contributed by atoms with E-state index in [1.54, 1.807) is 4.57 Å². The van der Waals surface area contributed by atoms with Crippen molar-refractivity contribution < 1.29 is 15.3 Å². The summed E-state index contributed by atoms with van der Waals surface area (Å²) in [5.41, 5.74) is 6.60. The number of thioether (sulfide) groups is 1. The van der Waals surface area contributed by atoms with Gasteiger partial charge in [0.05, 0.1) is 30.5 Å². The fraction of sp³-hybridized carbons (Fsp3) is 0.500. The fourth-order valence-electron chi connectivity index (χ4n) is 2.14. The average molecular weight is 283 g/mol. The summed E-state index contributed by atoms with van der Waals surface area (Å²) in [7, 11) is 0. The molecule has 0 spiro atoms. The first-order valence-electron chi connectivity index (χ1n) is 5.69. The Labute approximate surface area is 112 Å². The van der Waals surface area contributed by atoms with Crippen LogP contribution >= 0.6 is 11.8 Å². The molecule has 1 fully saturated rings. The van der Waals surface area contributed by atoms with E-state index in [9.17, 15) is 10.2 Å². The number of imidazole rings is 1. The molecule has 0 unspecified atom stereocenters. The van der Waals surface area contributed by atoms with Crippen LogP contribution in [0.15, 0.2) is 12.5 Å². The molecule has 0 aromatic carbocycles. The highest BCUT2D eigenvalue weighted by molar-refractivity contribution is 8.00. The van der Waals surface area contributed by atoms with E-state index in [2.05, 4.69) is 15.0 Å². The van der Waals surface area contributed by atoms with Gasteiger partial charge in [-0.25, -0.2) is 9.97 Å². The summed E-state index contributed by atoms with van der Waals surface area (Å²) in [6.07, 6.45) is 1.03. The van der Waals surface area contributed by atoms with Crippen molar-refractivity contribution in [1.82, 2.24) is 19.5 Å². The topological polar surface area (TPSA) is 130 Å². The van der Waals surface area contributed by atoms with Crippen LogP contribution in [0.25, 0.3) is 11.2 Å². The van der Waals surface area contributed by atoms with Crippen LogP contribution in [-0.4, -0.2) is 58.9 Å². The van der Waals surface area contributed by atoms with Crippen molar-refractivity contribution in [1.29, 1.82) is 0 Å². The number of nitrogens with zero attached hydrogens (tertiary/aromatic N) is 4. The minimum Gasteiger partial charge on any atom is -0.395 e. The van der Waals surface area contributed by atoms with E-state index in [1.807, 2.05) is 0 Å². The Hall–Kier alpha value is -1.42.